The van der Waals surface area contributed by atoms with E-state index >= 15 is 0 Å². The van der Waals surface area contributed by atoms with Crippen molar-refractivity contribution in [2.24, 2.45) is 0 Å². The zero-order valence-corrected chi connectivity index (χ0v) is 12.6. The molecule has 0 saturated heterocycles. The predicted molar refractivity (Wildman–Crippen MR) is 83.8 cm³/mol. The molecule has 2 aromatic rings. The standard InChI is InChI=1S/C15H17N3O2S/c1-21-15-17-9-13(10-19)14(18-15)16-7-8-20-11-12-5-3-2-4-6-12/h2-6,9-10H,7-8,11H2,1H3,(H,16,17,18). The van der Waals surface area contributed by atoms with Crippen LogP contribution >= 0.6 is 11.8 Å². The monoisotopic (exact) mass is 303 g/mol. The SMILES string of the molecule is CSc1ncc(C=O)c(NCCOCc2ccccc2)n1. The van der Waals surface area contributed by atoms with Gasteiger partial charge in [-0.1, -0.05) is 42.1 Å². The number of rotatable bonds is 8. The van der Waals surface area contributed by atoms with E-state index in [-0.39, 0.29) is 0 Å². The Hall–Kier alpha value is -1.92. The molecule has 1 aromatic carbocycles. The first-order valence-corrected chi connectivity index (χ1v) is 7.77. The van der Waals surface area contributed by atoms with Gasteiger partial charge in [-0.15, -0.1) is 0 Å². The molecule has 0 saturated carbocycles. The first kappa shape index (κ1) is 15.5. The largest absolute Gasteiger partial charge is 0.375 e. The summed E-state index contributed by atoms with van der Waals surface area (Å²) in [6.07, 6.45) is 4.17. The van der Waals surface area contributed by atoms with Crippen molar-refractivity contribution < 1.29 is 9.53 Å². The third-order valence-electron chi connectivity index (χ3n) is 2.75. The number of anilines is 1. The number of aldehydes is 1. The molecule has 0 aliphatic heterocycles. The van der Waals surface area contributed by atoms with Crippen LogP contribution in [0.4, 0.5) is 5.82 Å². The van der Waals surface area contributed by atoms with E-state index in [1.165, 1.54) is 18.0 Å². The summed E-state index contributed by atoms with van der Waals surface area (Å²) < 4.78 is 5.57. The van der Waals surface area contributed by atoms with Crippen LogP contribution in [0.15, 0.2) is 41.7 Å². The molecule has 0 unspecified atom stereocenters. The second-order valence-corrected chi connectivity index (χ2v) is 5.02. The van der Waals surface area contributed by atoms with Gasteiger partial charge in [0.1, 0.15) is 5.82 Å². The highest BCUT2D eigenvalue weighted by atomic mass is 32.2. The summed E-state index contributed by atoms with van der Waals surface area (Å²) in [6, 6.07) is 9.99. The number of hydrogen-bond acceptors (Lipinski definition) is 6. The van der Waals surface area contributed by atoms with Gasteiger partial charge in [-0.25, -0.2) is 9.97 Å². The number of nitrogens with zero attached hydrogens (tertiary/aromatic N) is 2. The van der Waals surface area contributed by atoms with Crippen molar-refractivity contribution in [3.8, 4) is 0 Å². The lowest BCUT2D eigenvalue weighted by Gasteiger charge is -2.09. The van der Waals surface area contributed by atoms with E-state index < -0.39 is 0 Å². The molecule has 0 bridgehead atoms. The Kier molecular flexibility index (Phi) is 6.18. The molecule has 0 atom stereocenters. The van der Waals surface area contributed by atoms with Crippen LogP contribution < -0.4 is 5.32 Å². The molecule has 2 rings (SSSR count). The number of nitrogens with one attached hydrogen (secondary N) is 1. The Labute approximate surface area is 128 Å². The van der Waals surface area contributed by atoms with Gasteiger partial charge in [0.05, 0.1) is 18.8 Å². The van der Waals surface area contributed by atoms with E-state index in [0.29, 0.717) is 36.3 Å². The fourth-order valence-corrected chi connectivity index (χ4v) is 2.05. The summed E-state index contributed by atoms with van der Waals surface area (Å²) in [7, 11) is 0. The number of carbonyl (C=O) groups is 1. The molecule has 0 radical (unpaired) electrons. The van der Waals surface area contributed by atoms with Gasteiger partial charge in [-0.2, -0.15) is 0 Å². The predicted octanol–water partition coefficient (Wildman–Crippen LogP) is 2.64. The average molecular weight is 303 g/mol. The maximum atomic E-state index is 10.9. The van der Waals surface area contributed by atoms with E-state index in [1.54, 1.807) is 0 Å². The molecule has 1 heterocycles. The zero-order chi connectivity index (χ0) is 14.9. The zero-order valence-electron chi connectivity index (χ0n) is 11.8. The van der Waals surface area contributed by atoms with Gasteiger partial charge in [0.15, 0.2) is 11.4 Å². The lowest BCUT2D eigenvalue weighted by atomic mass is 10.2. The summed E-state index contributed by atoms with van der Waals surface area (Å²) in [5.41, 5.74) is 1.59. The number of benzene rings is 1. The van der Waals surface area contributed by atoms with Crippen molar-refractivity contribution in [1.29, 1.82) is 0 Å². The van der Waals surface area contributed by atoms with Crippen molar-refractivity contribution >= 4 is 23.9 Å². The van der Waals surface area contributed by atoms with Crippen molar-refractivity contribution in [2.75, 3.05) is 24.7 Å². The molecular weight excluding hydrogens is 286 g/mol. The van der Waals surface area contributed by atoms with Gasteiger partial charge in [0.2, 0.25) is 0 Å². The lowest BCUT2D eigenvalue weighted by molar-refractivity contribution is 0.112. The van der Waals surface area contributed by atoms with Crippen molar-refractivity contribution in [3.63, 3.8) is 0 Å². The second-order valence-electron chi connectivity index (χ2n) is 4.24. The molecule has 5 nitrogen and oxygen atoms in total. The van der Waals surface area contributed by atoms with Crippen molar-refractivity contribution in [1.82, 2.24) is 9.97 Å². The third kappa shape index (κ3) is 4.84. The van der Waals surface area contributed by atoms with Gasteiger partial charge in [-0.05, 0) is 11.8 Å². The topological polar surface area (TPSA) is 64.1 Å². The number of ether oxygens (including phenoxy) is 1. The maximum Gasteiger partial charge on any atom is 0.189 e. The number of aromatic nitrogens is 2. The number of thioether (sulfide) groups is 1. The average Bonchev–Trinajstić information content (AvgIpc) is 2.55. The Balaban J connectivity index is 1.79. The third-order valence-corrected chi connectivity index (χ3v) is 3.32. The van der Waals surface area contributed by atoms with E-state index in [4.69, 9.17) is 4.74 Å². The van der Waals surface area contributed by atoms with E-state index in [1.807, 2.05) is 36.6 Å². The van der Waals surface area contributed by atoms with Gasteiger partial charge in [-0.3, -0.25) is 4.79 Å². The molecule has 0 aliphatic carbocycles. The van der Waals surface area contributed by atoms with Crippen LogP contribution in [-0.4, -0.2) is 35.7 Å². The van der Waals surface area contributed by atoms with Crippen LogP contribution in [-0.2, 0) is 11.3 Å². The Bertz CT molecular complexity index is 578. The molecule has 21 heavy (non-hydrogen) atoms. The molecular formula is C15H17N3O2S. The van der Waals surface area contributed by atoms with Crippen molar-refractivity contribution in [2.45, 2.75) is 11.8 Å². The lowest BCUT2D eigenvalue weighted by Crippen LogP contribution is -2.12. The molecule has 1 N–H and O–H groups in total. The van der Waals surface area contributed by atoms with Crippen LogP contribution in [0.3, 0.4) is 0 Å². The highest BCUT2D eigenvalue weighted by Gasteiger charge is 2.05. The Morgan fingerprint density at radius 1 is 1.33 bits per heavy atom. The quantitative estimate of drug-likeness (QED) is 0.350. The van der Waals surface area contributed by atoms with E-state index in [9.17, 15) is 4.79 Å². The second kappa shape index (κ2) is 8.39. The van der Waals surface area contributed by atoms with Crippen LogP contribution in [0.5, 0.6) is 0 Å². The number of carbonyl (C=O) groups excluding carboxylic acids is 1. The van der Waals surface area contributed by atoms with E-state index in [2.05, 4.69) is 15.3 Å². The summed E-state index contributed by atoms with van der Waals surface area (Å²) in [6.45, 7) is 1.69. The Morgan fingerprint density at radius 2 is 2.14 bits per heavy atom. The first-order valence-electron chi connectivity index (χ1n) is 6.55. The van der Waals surface area contributed by atoms with Crippen LogP contribution in [0.1, 0.15) is 15.9 Å². The van der Waals surface area contributed by atoms with Crippen LogP contribution in [0.25, 0.3) is 0 Å². The summed E-state index contributed by atoms with van der Waals surface area (Å²) >= 11 is 1.43. The fraction of sp³-hybridized carbons (Fsp3) is 0.267. The molecule has 0 fully saturated rings. The summed E-state index contributed by atoms with van der Waals surface area (Å²) in [5, 5.41) is 3.74. The molecule has 0 amide bonds. The van der Waals surface area contributed by atoms with Gasteiger partial charge in [0, 0.05) is 12.7 Å². The summed E-state index contributed by atoms with van der Waals surface area (Å²) in [5.74, 6) is 0.549. The smallest absolute Gasteiger partial charge is 0.189 e. The van der Waals surface area contributed by atoms with Gasteiger partial charge < -0.3 is 10.1 Å². The van der Waals surface area contributed by atoms with Crippen LogP contribution in [0, 0.1) is 0 Å². The van der Waals surface area contributed by atoms with Crippen molar-refractivity contribution in [3.05, 3.63) is 47.7 Å². The minimum absolute atomic E-state index is 0.454. The first-order chi connectivity index (χ1) is 10.3. The molecule has 0 aliphatic rings. The van der Waals surface area contributed by atoms with Crippen LogP contribution in [0.2, 0.25) is 0 Å². The molecule has 110 valence electrons. The number of hydrogen-bond donors (Lipinski definition) is 1. The minimum Gasteiger partial charge on any atom is -0.375 e. The highest BCUT2D eigenvalue weighted by Crippen LogP contribution is 2.14. The molecule has 1 aromatic heterocycles. The fourth-order valence-electron chi connectivity index (χ4n) is 1.71. The minimum atomic E-state index is 0.454. The Morgan fingerprint density at radius 3 is 2.86 bits per heavy atom. The normalized spacial score (nSPS) is 10.3. The van der Waals surface area contributed by atoms with Gasteiger partial charge in [0.25, 0.3) is 0 Å². The highest BCUT2D eigenvalue weighted by molar-refractivity contribution is 7.98. The molecule has 6 heteroatoms. The van der Waals surface area contributed by atoms with Gasteiger partial charge >= 0.3 is 0 Å². The molecule has 0 spiro atoms. The summed E-state index contributed by atoms with van der Waals surface area (Å²) in [4.78, 5) is 19.3. The van der Waals surface area contributed by atoms with E-state index in [0.717, 1.165) is 11.8 Å². The maximum absolute atomic E-state index is 10.9.